The Kier molecular flexibility index (Phi) is 8.93. The second-order valence-corrected chi connectivity index (χ2v) is 5.72. The van der Waals surface area contributed by atoms with Crippen LogP contribution in [0.5, 0.6) is 0 Å². The zero-order valence-corrected chi connectivity index (χ0v) is 13.5. The Hall–Kier alpha value is -1.18. The minimum absolute atomic E-state index is 0.545. The van der Waals surface area contributed by atoms with Gasteiger partial charge in [-0.3, -0.25) is 0 Å². The van der Waals surface area contributed by atoms with Gasteiger partial charge < -0.3 is 10.6 Å². The second kappa shape index (κ2) is 10.6. The van der Waals surface area contributed by atoms with Gasteiger partial charge in [0.2, 0.25) is 0 Å². The average Bonchev–Trinajstić information content (AvgIpc) is 2.45. The molecule has 20 heavy (non-hydrogen) atoms. The van der Waals surface area contributed by atoms with Crippen LogP contribution in [0.4, 0.5) is 0 Å². The lowest BCUT2D eigenvalue weighted by molar-refractivity contribution is 0.565. The van der Waals surface area contributed by atoms with Crippen LogP contribution in [0.15, 0.2) is 35.7 Å². The lowest BCUT2D eigenvalue weighted by atomic mass is 10.00. The van der Waals surface area contributed by atoms with Crippen LogP contribution >= 0.6 is 0 Å². The van der Waals surface area contributed by atoms with Crippen LogP contribution in [0.2, 0.25) is 0 Å². The van der Waals surface area contributed by atoms with Crippen LogP contribution in [0, 0.1) is 0 Å². The summed E-state index contributed by atoms with van der Waals surface area (Å²) >= 11 is 0. The summed E-state index contributed by atoms with van der Waals surface area (Å²) in [6, 6.07) is 0.545. The summed E-state index contributed by atoms with van der Waals surface area (Å²) in [5.41, 5.74) is 2.80. The van der Waals surface area contributed by atoms with Gasteiger partial charge in [-0.05, 0) is 57.7 Å². The fraction of sp³-hybridized carbons (Fsp3) is 0.667. The van der Waals surface area contributed by atoms with Gasteiger partial charge in [0.05, 0.1) is 0 Å². The van der Waals surface area contributed by atoms with E-state index in [2.05, 4.69) is 55.8 Å². The molecular formula is C18H32N2. The topological polar surface area (TPSA) is 24.1 Å². The molecule has 2 N–H and O–H groups in total. The molecule has 0 aromatic heterocycles. The molecule has 1 atom stereocenters. The molecule has 1 rings (SSSR count). The molecular weight excluding hydrogens is 244 g/mol. The Balaban J connectivity index is 2.34. The predicted molar refractivity (Wildman–Crippen MR) is 89.6 cm³/mol. The van der Waals surface area contributed by atoms with Crippen molar-refractivity contribution in [1.29, 1.82) is 0 Å². The molecule has 114 valence electrons. The molecule has 0 aromatic rings. The summed E-state index contributed by atoms with van der Waals surface area (Å²) in [5.74, 6) is 0. The molecule has 0 fully saturated rings. The second-order valence-electron chi connectivity index (χ2n) is 5.72. The smallest absolute Gasteiger partial charge is 0.0354 e. The fourth-order valence-corrected chi connectivity index (χ4v) is 2.59. The van der Waals surface area contributed by atoms with Crippen LogP contribution in [-0.4, -0.2) is 12.6 Å². The predicted octanol–water partition coefficient (Wildman–Crippen LogP) is 4.66. The minimum atomic E-state index is 0.545. The van der Waals surface area contributed by atoms with Crippen LogP contribution in [-0.2, 0) is 0 Å². The third-order valence-corrected chi connectivity index (χ3v) is 3.65. The van der Waals surface area contributed by atoms with Crippen molar-refractivity contribution in [2.45, 2.75) is 71.8 Å². The summed E-state index contributed by atoms with van der Waals surface area (Å²) in [6.07, 6.45) is 17.7. The SMILES string of the molecule is CC/C=C(\C=C\NCC1=CCCCC1)NC(C)CCC. The van der Waals surface area contributed by atoms with Gasteiger partial charge in [0.1, 0.15) is 0 Å². The first-order valence-corrected chi connectivity index (χ1v) is 8.30. The van der Waals surface area contributed by atoms with Gasteiger partial charge in [0.15, 0.2) is 0 Å². The van der Waals surface area contributed by atoms with E-state index in [0.717, 1.165) is 13.0 Å². The molecule has 2 nitrogen and oxygen atoms in total. The van der Waals surface area contributed by atoms with Crippen molar-refractivity contribution in [3.05, 3.63) is 35.7 Å². The lowest BCUT2D eigenvalue weighted by Gasteiger charge is -2.15. The van der Waals surface area contributed by atoms with Gasteiger partial charge in [-0.15, -0.1) is 0 Å². The molecule has 0 aromatic carbocycles. The Morgan fingerprint density at radius 2 is 2.20 bits per heavy atom. The maximum absolute atomic E-state index is 3.58. The zero-order chi connectivity index (χ0) is 14.6. The highest BCUT2D eigenvalue weighted by atomic mass is 14.9. The number of hydrogen-bond donors (Lipinski definition) is 2. The van der Waals surface area contributed by atoms with Crippen LogP contribution in [0.25, 0.3) is 0 Å². The van der Waals surface area contributed by atoms with Crippen molar-refractivity contribution in [2.24, 2.45) is 0 Å². The van der Waals surface area contributed by atoms with E-state index in [9.17, 15) is 0 Å². The lowest BCUT2D eigenvalue weighted by Crippen LogP contribution is -2.24. The molecule has 0 bridgehead atoms. The van der Waals surface area contributed by atoms with Gasteiger partial charge in [0, 0.05) is 18.3 Å². The Morgan fingerprint density at radius 3 is 2.85 bits per heavy atom. The van der Waals surface area contributed by atoms with Crippen LogP contribution < -0.4 is 10.6 Å². The minimum Gasteiger partial charge on any atom is -0.387 e. The number of rotatable bonds is 9. The molecule has 0 heterocycles. The first-order valence-electron chi connectivity index (χ1n) is 8.30. The van der Waals surface area contributed by atoms with Crippen molar-refractivity contribution in [1.82, 2.24) is 10.6 Å². The third kappa shape index (κ3) is 7.42. The first-order chi connectivity index (χ1) is 9.76. The maximum atomic E-state index is 3.58. The normalized spacial score (nSPS) is 17.9. The van der Waals surface area contributed by atoms with E-state index in [4.69, 9.17) is 0 Å². The number of hydrogen-bond acceptors (Lipinski definition) is 2. The average molecular weight is 276 g/mol. The Bertz CT molecular complexity index is 339. The van der Waals surface area contributed by atoms with E-state index in [0.29, 0.717) is 6.04 Å². The van der Waals surface area contributed by atoms with Gasteiger partial charge in [-0.25, -0.2) is 0 Å². The van der Waals surface area contributed by atoms with E-state index in [1.54, 1.807) is 5.57 Å². The van der Waals surface area contributed by atoms with E-state index in [1.807, 2.05) is 0 Å². The van der Waals surface area contributed by atoms with Crippen molar-refractivity contribution in [3.63, 3.8) is 0 Å². The van der Waals surface area contributed by atoms with Crippen molar-refractivity contribution >= 4 is 0 Å². The highest BCUT2D eigenvalue weighted by Crippen LogP contribution is 2.16. The van der Waals surface area contributed by atoms with Gasteiger partial charge in [-0.2, -0.15) is 0 Å². The van der Waals surface area contributed by atoms with E-state index < -0.39 is 0 Å². The largest absolute Gasteiger partial charge is 0.387 e. The summed E-state index contributed by atoms with van der Waals surface area (Å²) < 4.78 is 0. The molecule has 0 amide bonds. The molecule has 2 heteroatoms. The van der Waals surface area contributed by atoms with E-state index in [-0.39, 0.29) is 0 Å². The summed E-state index contributed by atoms with van der Waals surface area (Å²) in [6.45, 7) is 7.67. The third-order valence-electron chi connectivity index (χ3n) is 3.65. The zero-order valence-electron chi connectivity index (χ0n) is 13.5. The Morgan fingerprint density at radius 1 is 1.35 bits per heavy atom. The molecule has 1 unspecified atom stereocenters. The van der Waals surface area contributed by atoms with Crippen LogP contribution in [0.3, 0.4) is 0 Å². The summed E-state index contributed by atoms with van der Waals surface area (Å²) in [5, 5.41) is 7.00. The van der Waals surface area contributed by atoms with Gasteiger partial charge >= 0.3 is 0 Å². The quantitative estimate of drug-likeness (QED) is 0.472. The van der Waals surface area contributed by atoms with Gasteiger partial charge in [0.25, 0.3) is 0 Å². The number of nitrogens with one attached hydrogen (secondary N) is 2. The van der Waals surface area contributed by atoms with Crippen LogP contribution in [0.1, 0.15) is 65.7 Å². The molecule has 1 aliphatic rings. The van der Waals surface area contributed by atoms with Crippen molar-refractivity contribution < 1.29 is 0 Å². The standard InChI is InChI=1S/C18H32N2/c1-4-9-16(3)20-18(10-5-2)13-14-19-15-17-11-7-6-8-12-17/h10-11,13-14,16,19-20H,4-9,12,15H2,1-3H3/b14-13+,18-10+. The van der Waals surface area contributed by atoms with Crippen molar-refractivity contribution in [2.75, 3.05) is 6.54 Å². The summed E-state index contributed by atoms with van der Waals surface area (Å²) in [4.78, 5) is 0. The molecule has 0 spiro atoms. The molecule has 0 saturated carbocycles. The van der Waals surface area contributed by atoms with Gasteiger partial charge in [-0.1, -0.05) is 38.0 Å². The highest BCUT2D eigenvalue weighted by molar-refractivity contribution is 5.17. The molecule has 1 aliphatic carbocycles. The molecule has 0 saturated heterocycles. The number of allylic oxidation sites excluding steroid dienone is 3. The maximum Gasteiger partial charge on any atom is 0.0354 e. The molecule has 0 radical (unpaired) electrons. The fourth-order valence-electron chi connectivity index (χ4n) is 2.59. The van der Waals surface area contributed by atoms with E-state index in [1.165, 1.54) is 44.2 Å². The van der Waals surface area contributed by atoms with E-state index >= 15 is 0 Å². The highest BCUT2D eigenvalue weighted by Gasteiger charge is 2.02. The molecule has 0 aliphatic heterocycles. The summed E-state index contributed by atoms with van der Waals surface area (Å²) in [7, 11) is 0. The Labute approximate surface area is 125 Å². The monoisotopic (exact) mass is 276 g/mol. The first kappa shape index (κ1) is 16.9. The van der Waals surface area contributed by atoms with Crippen molar-refractivity contribution in [3.8, 4) is 0 Å².